The largest absolute Gasteiger partial charge is 0.508 e. The van der Waals surface area contributed by atoms with Crippen LogP contribution in [0, 0.1) is 23.1 Å². The van der Waals surface area contributed by atoms with E-state index in [9.17, 15) is 5.11 Å². The summed E-state index contributed by atoms with van der Waals surface area (Å²) in [4.78, 5) is 14.6. The van der Waals surface area contributed by atoms with Gasteiger partial charge in [-0.1, -0.05) is 65.7 Å². The van der Waals surface area contributed by atoms with E-state index >= 15 is 8.78 Å². The maximum Gasteiger partial charge on any atom is 0.225 e. The van der Waals surface area contributed by atoms with Crippen molar-refractivity contribution >= 4 is 35.4 Å². The first-order valence-corrected chi connectivity index (χ1v) is 22.8. The Kier molecular flexibility index (Phi) is 9.14. The topological polar surface area (TPSA) is 83.0 Å². The molecule has 0 unspecified atom stereocenters. The van der Waals surface area contributed by atoms with Crippen LogP contribution in [0.4, 0.5) is 14.5 Å². The van der Waals surface area contributed by atoms with Crippen molar-refractivity contribution in [3.8, 4) is 40.2 Å². The molecule has 7 heterocycles. The summed E-state index contributed by atoms with van der Waals surface area (Å²) >= 11 is 0. The number of rotatable bonds is 7. The van der Waals surface area contributed by atoms with Crippen molar-refractivity contribution in [2.24, 2.45) is 0 Å². The molecule has 9 rings (SSSR count). The fourth-order valence-electron chi connectivity index (χ4n) is 11.3. The van der Waals surface area contributed by atoms with Gasteiger partial charge in [0, 0.05) is 42.2 Å². The van der Waals surface area contributed by atoms with Gasteiger partial charge in [-0.25, -0.2) is 18.7 Å². The van der Waals surface area contributed by atoms with Crippen LogP contribution in [-0.2, 0) is 0 Å². The van der Waals surface area contributed by atoms with Crippen LogP contribution in [0.1, 0.15) is 79.2 Å². The molecule has 294 valence electrons. The molecule has 8 nitrogen and oxygen atoms in total. The van der Waals surface area contributed by atoms with Gasteiger partial charge in [0.15, 0.2) is 5.82 Å². The molecule has 4 saturated heterocycles. The van der Waals surface area contributed by atoms with Crippen molar-refractivity contribution < 1.29 is 23.4 Å². The number of nitrogens with one attached hydrogen (secondary N) is 1. The smallest absolute Gasteiger partial charge is 0.225 e. The van der Waals surface area contributed by atoms with Crippen LogP contribution in [0.25, 0.3) is 32.9 Å². The zero-order valence-corrected chi connectivity index (χ0v) is 34.4. The Morgan fingerprint density at radius 3 is 2.62 bits per heavy atom. The van der Waals surface area contributed by atoms with E-state index in [1.54, 1.807) is 12.1 Å². The minimum absolute atomic E-state index is 0.000127. The first-order chi connectivity index (χ1) is 26.8. The maximum absolute atomic E-state index is 17.7. The molecule has 0 saturated carbocycles. The minimum Gasteiger partial charge on any atom is -0.508 e. The number of aromatic hydroxyl groups is 1. The van der Waals surface area contributed by atoms with Crippen LogP contribution in [-0.4, -0.2) is 84.6 Å². The predicted molar refractivity (Wildman–Crippen MR) is 221 cm³/mol. The molecule has 4 fully saturated rings. The molecule has 0 amide bonds. The number of fused-ring (bicyclic) bond motifs is 7. The van der Waals surface area contributed by atoms with E-state index in [1.165, 1.54) is 17.7 Å². The van der Waals surface area contributed by atoms with Crippen molar-refractivity contribution in [1.29, 1.82) is 0 Å². The quantitative estimate of drug-likeness (QED) is 0.110. The number of phenolic OH excluding ortho intramolecular Hbond substituents is 1. The van der Waals surface area contributed by atoms with Crippen LogP contribution >= 0.6 is 0 Å². The summed E-state index contributed by atoms with van der Waals surface area (Å²) in [5.74, 6) is 2.65. The summed E-state index contributed by atoms with van der Waals surface area (Å²) in [6, 6.07) is 8.48. The van der Waals surface area contributed by atoms with Crippen LogP contribution in [0.15, 0.2) is 42.5 Å². The van der Waals surface area contributed by atoms with Gasteiger partial charge >= 0.3 is 0 Å². The summed E-state index contributed by atoms with van der Waals surface area (Å²) in [5, 5.41) is 16.3. The lowest BCUT2D eigenvalue weighted by molar-refractivity contribution is 0.111. The summed E-state index contributed by atoms with van der Waals surface area (Å²) in [7, 11) is -2.28. The molecule has 4 atom stereocenters. The van der Waals surface area contributed by atoms with Crippen molar-refractivity contribution in [2.45, 2.75) is 114 Å². The fourth-order valence-corrected chi connectivity index (χ4v) is 16.5. The molecule has 11 heteroatoms. The van der Waals surface area contributed by atoms with Crippen LogP contribution in [0.2, 0.25) is 16.6 Å². The highest BCUT2D eigenvalue weighted by atomic mass is 28.3. The zero-order chi connectivity index (χ0) is 39.3. The van der Waals surface area contributed by atoms with Crippen LogP contribution in [0.5, 0.6) is 17.5 Å². The van der Waals surface area contributed by atoms with Crippen LogP contribution in [0.3, 0.4) is 0 Å². The van der Waals surface area contributed by atoms with Gasteiger partial charge in [-0.05, 0) is 78.9 Å². The van der Waals surface area contributed by atoms with Gasteiger partial charge in [0.25, 0.3) is 0 Å². The average molecular weight is 778 g/mol. The number of anilines is 1. The number of phenols is 1. The third-order valence-corrected chi connectivity index (χ3v) is 20.2. The lowest BCUT2D eigenvalue weighted by atomic mass is 9.94. The van der Waals surface area contributed by atoms with Crippen molar-refractivity contribution in [3.63, 3.8) is 0 Å². The van der Waals surface area contributed by atoms with Crippen molar-refractivity contribution in [2.75, 3.05) is 37.7 Å². The number of piperazine rings is 1. The number of aromatic nitrogens is 2. The van der Waals surface area contributed by atoms with Gasteiger partial charge in [-0.3, -0.25) is 4.90 Å². The second-order valence-corrected chi connectivity index (χ2v) is 23.6. The second-order valence-electron chi connectivity index (χ2n) is 18.0. The number of hydrogen-bond donors (Lipinski definition) is 2. The lowest BCUT2D eigenvalue weighted by Crippen LogP contribution is -2.59. The van der Waals surface area contributed by atoms with E-state index in [1.807, 2.05) is 6.07 Å². The summed E-state index contributed by atoms with van der Waals surface area (Å²) in [6.45, 7) is 21.0. The van der Waals surface area contributed by atoms with E-state index in [-0.39, 0.29) is 51.6 Å². The molecule has 2 N–H and O–H groups in total. The highest BCUT2D eigenvalue weighted by Gasteiger charge is 2.47. The van der Waals surface area contributed by atoms with Gasteiger partial charge in [-0.15, -0.1) is 5.54 Å². The first kappa shape index (κ1) is 37.3. The third-order valence-electron chi connectivity index (χ3n) is 13.9. The Morgan fingerprint density at radius 1 is 1.07 bits per heavy atom. The predicted octanol–water partition coefficient (Wildman–Crippen LogP) is 8.88. The second kappa shape index (κ2) is 13.7. The molecule has 56 heavy (non-hydrogen) atoms. The number of halogens is 2. The Balaban J connectivity index is 1.25. The Hall–Kier alpha value is -4.24. The summed E-state index contributed by atoms with van der Waals surface area (Å²) in [5.41, 5.74) is 6.92. The Morgan fingerprint density at radius 2 is 1.86 bits per heavy atom. The highest BCUT2D eigenvalue weighted by Crippen LogP contribution is 2.47. The molecular formula is C45H53F2N5O3Si. The standard InChI is InChI=1S/C45H53F2N5O3Si/c1-25(2)56(26(3)4,27(5)6)16-13-32-34(46)11-9-29-17-31(53)18-33(39(29)32)42-41(47)43-40-36(52-22-30-10-12-35(48-30)37(52)23-54-44(40)50-42)19-38(49-43)55-24-45-14-8-15-51(45)21-28(7)20-45/h9,11,17-19,25-27,30,35,37,48,53H,7-8,10,12,14-15,20-24H2,1-6H3/t30-,35+,37-,45+/m1/s1. The normalized spacial score (nSPS) is 24.5. The third kappa shape index (κ3) is 5.80. The average Bonchev–Trinajstić information content (AvgIpc) is 3.79. The molecular weight excluding hydrogens is 725 g/mol. The first-order valence-electron chi connectivity index (χ1n) is 20.5. The van der Waals surface area contributed by atoms with E-state index in [4.69, 9.17) is 19.4 Å². The summed E-state index contributed by atoms with van der Waals surface area (Å²) in [6.07, 6.45) is 5.08. The number of pyridine rings is 2. The molecule has 2 aromatic heterocycles. The Bertz CT molecular complexity index is 2320. The van der Waals surface area contributed by atoms with Gasteiger partial charge in [-0.2, -0.15) is 0 Å². The van der Waals surface area contributed by atoms with Crippen molar-refractivity contribution in [1.82, 2.24) is 20.2 Å². The highest BCUT2D eigenvalue weighted by molar-refractivity contribution is 6.90. The van der Waals surface area contributed by atoms with E-state index in [2.05, 4.69) is 74.7 Å². The zero-order valence-electron chi connectivity index (χ0n) is 33.4. The SMILES string of the molecule is C=C1CN2CCC[C@@]2(COc2cc3c4c(nc(-c5cc(O)cc6ccc(F)c(C#C[Si](C(C)C)(C(C)C)C(C)C)c56)c(F)c4n2)OC[C@@H]2[C@@H]4CC[C@H](CN32)N4)C1. The Labute approximate surface area is 329 Å². The molecule has 5 aliphatic rings. The van der Waals surface area contributed by atoms with E-state index in [0.717, 1.165) is 57.4 Å². The molecule has 4 aromatic rings. The number of benzene rings is 2. The van der Waals surface area contributed by atoms with Crippen molar-refractivity contribution in [3.05, 3.63) is 59.7 Å². The lowest BCUT2D eigenvalue weighted by Gasteiger charge is -2.41. The molecule has 2 bridgehead atoms. The molecule has 0 spiro atoms. The van der Waals surface area contributed by atoms with Gasteiger partial charge in [0.1, 0.15) is 44.1 Å². The molecule has 0 radical (unpaired) electrons. The number of ether oxygens (including phenoxy) is 2. The molecule has 2 aromatic carbocycles. The minimum atomic E-state index is -2.28. The number of hydrogen-bond acceptors (Lipinski definition) is 8. The van der Waals surface area contributed by atoms with Gasteiger partial charge in [0.05, 0.1) is 28.2 Å². The fraction of sp³-hybridized carbons (Fsp3) is 0.511. The molecule has 5 aliphatic heterocycles. The van der Waals surface area contributed by atoms with E-state index in [0.29, 0.717) is 57.9 Å². The van der Waals surface area contributed by atoms with Crippen LogP contribution < -0.4 is 19.7 Å². The number of nitrogens with zero attached hydrogens (tertiary/aromatic N) is 4. The molecule has 0 aliphatic carbocycles. The maximum atomic E-state index is 17.7. The van der Waals surface area contributed by atoms with Gasteiger partial charge in [0.2, 0.25) is 11.8 Å². The summed E-state index contributed by atoms with van der Waals surface area (Å²) < 4.78 is 47.1. The monoisotopic (exact) mass is 777 g/mol. The van der Waals surface area contributed by atoms with E-state index < -0.39 is 19.7 Å². The van der Waals surface area contributed by atoms with Gasteiger partial charge < -0.3 is 24.8 Å².